The summed E-state index contributed by atoms with van der Waals surface area (Å²) in [7, 11) is 0. The molecule has 3 heterocycles. The molecule has 5 rings (SSSR count). The topological polar surface area (TPSA) is 85.9 Å². The number of rotatable bonds is 5. The second kappa shape index (κ2) is 8.86. The summed E-state index contributed by atoms with van der Waals surface area (Å²) in [5.41, 5.74) is 5.52. The molecular formula is C25H25BrN6O. The summed E-state index contributed by atoms with van der Waals surface area (Å²) in [4.78, 5) is 26.8. The molecular weight excluding hydrogens is 480 g/mol. The number of halogens is 1. The lowest BCUT2D eigenvalue weighted by molar-refractivity contribution is -0.114. The highest BCUT2D eigenvalue weighted by atomic mass is 79.9. The van der Waals surface area contributed by atoms with Crippen LogP contribution < -0.4 is 15.5 Å². The zero-order chi connectivity index (χ0) is 22.9. The minimum absolute atomic E-state index is 0.111. The summed E-state index contributed by atoms with van der Waals surface area (Å²) in [6.45, 7) is 5.50. The third-order valence-corrected chi connectivity index (χ3v) is 6.26. The molecule has 8 heteroatoms. The molecule has 0 aliphatic carbocycles. The fourth-order valence-corrected chi connectivity index (χ4v) is 4.64. The van der Waals surface area contributed by atoms with Gasteiger partial charge >= 0.3 is 0 Å². The van der Waals surface area contributed by atoms with E-state index in [0.717, 1.165) is 68.4 Å². The van der Waals surface area contributed by atoms with E-state index < -0.39 is 0 Å². The maximum atomic E-state index is 11.9. The van der Waals surface area contributed by atoms with Crippen molar-refractivity contribution in [3.05, 3.63) is 58.8 Å². The van der Waals surface area contributed by atoms with Gasteiger partial charge in [0, 0.05) is 75.8 Å². The molecule has 0 unspecified atom stereocenters. The molecule has 3 N–H and O–H groups in total. The summed E-state index contributed by atoms with van der Waals surface area (Å²) in [6.07, 6.45) is 4.32. The van der Waals surface area contributed by atoms with E-state index in [1.165, 1.54) is 19.8 Å². The Hall–Kier alpha value is -3.39. The van der Waals surface area contributed by atoms with E-state index in [1.807, 2.05) is 49.5 Å². The van der Waals surface area contributed by atoms with Gasteiger partial charge in [-0.1, -0.05) is 15.9 Å². The second-order valence-corrected chi connectivity index (χ2v) is 9.26. The molecule has 4 aromatic rings. The number of fused-ring (bicyclic) bond motifs is 1. The molecule has 1 aliphatic heterocycles. The number of H-pyrrole nitrogens is 1. The van der Waals surface area contributed by atoms with Gasteiger partial charge in [0.05, 0.1) is 0 Å². The molecule has 0 radical (unpaired) electrons. The smallest absolute Gasteiger partial charge is 0.227 e. The maximum Gasteiger partial charge on any atom is 0.227 e. The summed E-state index contributed by atoms with van der Waals surface area (Å²) in [5.74, 6) is 1.41. The first kappa shape index (κ1) is 21.5. The highest BCUT2D eigenvalue weighted by Gasteiger charge is 2.17. The Bertz CT molecular complexity index is 1340. The molecule has 33 heavy (non-hydrogen) atoms. The molecule has 0 saturated carbocycles. The molecule has 0 atom stereocenters. The largest absolute Gasteiger partial charge is 0.361 e. The fraction of sp³-hybridized carbons (Fsp3) is 0.240. The van der Waals surface area contributed by atoms with Gasteiger partial charge in [-0.3, -0.25) is 4.79 Å². The van der Waals surface area contributed by atoms with Gasteiger partial charge in [-0.2, -0.15) is 4.98 Å². The number of carbonyl (C=O) groups is 1. The number of benzene rings is 2. The highest BCUT2D eigenvalue weighted by molar-refractivity contribution is 9.10. The third-order valence-electron chi connectivity index (χ3n) is 5.77. The Labute approximate surface area is 200 Å². The molecule has 1 fully saturated rings. The Morgan fingerprint density at radius 3 is 2.67 bits per heavy atom. The quantitative estimate of drug-likeness (QED) is 0.310. The number of aryl methyl sites for hydroxylation is 1. The molecule has 7 nitrogen and oxygen atoms in total. The standard InChI is InChI=1S/C25H25BrN6O/c1-15-11-24(31-25(28-15)32-9-3-4-10-32)30-18-6-8-23(29-16(2)33)20(13-18)21-14-27-22-7-5-17(26)12-19(21)22/h5-8,11-14,27H,3-4,9-10H2,1-2H3,(H,29,33)(H,28,30,31). The average molecular weight is 505 g/mol. The SMILES string of the molecule is CC(=O)Nc1ccc(Nc2cc(C)nc(N3CCCC3)n2)cc1-c1c[nH]c2ccc(Br)cc12. The zero-order valence-electron chi connectivity index (χ0n) is 18.6. The van der Waals surface area contributed by atoms with Crippen LogP contribution in [-0.4, -0.2) is 33.9 Å². The second-order valence-electron chi connectivity index (χ2n) is 8.35. The van der Waals surface area contributed by atoms with E-state index in [1.54, 1.807) is 0 Å². The number of carbonyl (C=O) groups excluding carboxylic acids is 1. The molecule has 0 bridgehead atoms. The van der Waals surface area contributed by atoms with Crippen LogP contribution in [0.2, 0.25) is 0 Å². The Morgan fingerprint density at radius 1 is 1.06 bits per heavy atom. The van der Waals surface area contributed by atoms with Gasteiger partial charge in [0.1, 0.15) is 5.82 Å². The van der Waals surface area contributed by atoms with Crippen LogP contribution in [0.4, 0.5) is 23.1 Å². The fourth-order valence-electron chi connectivity index (χ4n) is 4.28. The van der Waals surface area contributed by atoms with Crippen LogP contribution in [0, 0.1) is 6.92 Å². The third kappa shape index (κ3) is 4.57. The van der Waals surface area contributed by atoms with Crippen LogP contribution >= 0.6 is 15.9 Å². The van der Waals surface area contributed by atoms with Crippen molar-refractivity contribution >= 4 is 55.9 Å². The van der Waals surface area contributed by atoms with Gasteiger partial charge in [0.25, 0.3) is 0 Å². The van der Waals surface area contributed by atoms with Gasteiger partial charge in [-0.15, -0.1) is 0 Å². The number of aromatic amines is 1. The first-order valence-electron chi connectivity index (χ1n) is 11.0. The van der Waals surface area contributed by atoms with Crippen LogP contribution in [0.3, 0.4) is 0 Å². The molecule has 0 spiro atoms. The molecule has 2 aromatic carbocycles. The summed E-state index contributed by atoms with van der Waals surface area (Å²) in [5, 5.41) is 7.48. The number of hydrogen-bond acceptors (Lipinski definition) is 5. The average Bonchev–Trinajstić information content (AvgIpc) is 3.44. The number of nitrogens with one attached hydrogen (secondary N) is 3. The Morgan fingerprint density at radius 2 is 1.88 bits per heavy atom. The number of aromatic nitrogens is 3. The predicted octanol–water partition coefficient (Wildman–Crippen LogP) is 6.00. The normalized spacial score (nSPS) is 13.5. The van der Waals surface area contributed by atoms with Crippen molar-refractivity contribution in [2.24, 2.45) is 0 Å². The van der Waals surface area contributed by atoms with E-state index in [-0.39, 0.29) is 5.91 Å². The van der Waals surface area contributed by atoms with Gasteiger partial charge < -0.3 is 20.5 Å². The predicted molar refractivity (Wildman–Crippen MR) is 137 cm³/mol. The summed E-state index contributed by atoms with van der Waals surface area (Å²) >= 11 is 3.57. The number of amides is 1. The molecule has 1 aliphatic rings. The molecule has 1 amide bonds. The lowest BCUT2D eigenvalue weighted by Crippen LogP contribution is -2.21. The maximum absolute atomic E-state index is 11.9. The summed E-state index contributed by atoms with van der Waals surface area (Å²) in [6, 6.07) is 14.0. The Balaban J connectivity index is 1.54. The van der Waals surface area contributed by atoms with E-state index in [9.17, 15) is 4.79 Å². The molecule has 1 saturated heterocycles. The monoisotopic (exact) mass is 504 g/mol. The number of anilines is 4. The first-order chi connectivity index (χ1) is 16.0. The van der Waals surface area contributed by atoms with Crippen molar-refractivity contribution in [2.75, 3.05) is 28.6 Å². The minimum atomic E-state index is -0.111. The molecule has 2 aromatic heterocycles. The van der Waals surface area contributed by atoms with Crippen LogP contribution in [0.25, 0.3) is 22.0 Å². The van der Waals surface area contributed by atoms with Gasteiger partial charge in [-0.05, 0) is 56.2 Å². The van der Waals surface area contributed by atoms with Crippen molar-refractivity contribution in [3.63, 3.8) is 0 Å². The van der Waals surface area contributed by atoms with E-state index >= 15 is 0 Å². The van der Waals surface area contributed by atoms with Crippen molar-refractivity contribution in [3.8, 4) is 11.1 Å². The van der Waals surface area contributed by atoms with E-state index in [2.05, 4.69) is 47.5 Å². The zero-order valence-corrected chi connectivity index (χ0v) is 20.2. The molecule has 168 valence electrons. The van der Waals surface area contributed by atoms with Crippen molar-refractivity contribution < 1.29 is 4.79 Å². The minimum Gasteiger partial charge on any atom is -0.361 e. The Kier molecular flexibility index (Phi) is 5.76. The van der Waals surface area contributed by atoms with E-state index in [0.29, 0.717) is 0 Å². The van der Waals surface area contributed by atoms with Gasteiger partial charge in [0.2, 0.25) is 11.9 Å². The van der Waals surface area contributed by atoms with Crippen LogP contribution in [0.15, 0.2) is 53.1 Å². The highest BCUT2D eigenvalue weighted by Crippen LogP contribution is 2.37. The van der Waals surface area contributed by atoms with Gasteiger partial charge in [0.15, 0.2) is 0 Å². The van der Waals surface area contributed by atoms with E-state index in [4.69, 9.17) is 4.98 Å². The number of nitrogens with zero attached hydrogens (tertiary/aromatic N) is 3. The number of hydrogen-bond donors (Lipinski definition) is 3. The lowest BCUT2D eigenvalue weighted by atomic mass is 10.0. The van der Waals surface area contributed by atoms with Crippen molar-refractivity contribution in [1.29, 1.82) is 0 Å². The van der Waals surface area contributed by atoms with Crippen LogP contribution in [0.5, 0.6) is 0 Å². The van der Waals surface area contributed by atoms with Crippen LogP contribution in [0.1, 0.15) is 25.5 Å². The van der Waals surface area contributed by atoms with Crippen LogP contribution in [-0.2, 0) is 4.79 Å². The van der Waals surface area contributed by atoms with Crippen molar-refractivity contribution in [1.82, 2.24) is 15.0 Å². The van der Waals surface area contributed by atoms with Crippen molar-refractivity contribution in [2.45, 2.75) is 26.7 Å². The summed E-state index contributed by atoms with van der Waals surface area (Å²) < 4.78 is 0.997. The van der Waals surface area contributed by atoms with Gasteiger partial charge in [-0.25, -0.2) is 4.98 Å². The first-order valence-corrected chi connectivity index (χ1v) is 11.8. The lowest BCUT2D eigenvalue weighted by Gasteiger charge is -2.17.